The van der Waals surface area contributed by atoms with Gasteiger partial charge in [-0.3, -0.25) is 19.3 Å². The Balaban J connectivity index is 1.77. The Morgan fingerprint density at radius 3 is 2.70 bits per heavy atom. The number of rotatable bonds is 6. The molecule has 2 heterocycles. The Kier molecular flexibility index (Phi) is 5.27. The molecule has 1 fully saturated rings. The third-order valence-electron chi connectivity index (χ3n) is 6.16. The highest BCUT2D eigenvalue weighted by atomic mass is 16.2. The summed E-state index contributed by atoms with van der Waals surface area (Å²) in [7, 11) is 1.83. The number of benzene rings is 1. The van der Waals surface area contributed by atoms with Crippen LogP contribution in [0, 0.1) is 0 Å². The van der Waals surface area contributed by atoms with E-state index in [-0.39, 0.29) is 23.8 Å². The van der Waals surface area contributed by atoms with Crippen molar-refractivity contribution in [2.45, 2.75) is 64.6 Å². The lowest BCUT2D eigenvalue weighted by Gasteiger charge is -2.48. The van der Waals surface area contributed by atoms with Crippen molar-refractivity contribution in [2.24, 2.45) is 0 Å². The van der Waals surface area contributed by atoms with E-state index in [1.165, 1.54) is 0 Å². The largest absolute Gasteiger partial charge is 0.343 e. The molecule has 2 aliphatic heterocycles. The minimum atomic E-state index is -0.645. The summed E-state index contributed by atoms with van der Waals surface area (Å²) in [5.74, 6) is 0.0931. The summed E-state index contributed by atoms with van der Waals surface area (Å²) in [6.07, 6.45) is 2.96. The van der Waals surface area contributed by atoms with Gasteiger partial charge in [-0.15, -0.1) is 0 Å². The van der Waals surface area contributed by atoms with Crippen molar-refractivity contribution < 1.29 is 14.4 Å². The van der Waals surface area contributed by atoms with Crippen molar-refractivity contribution in [3.63, 3.8) is 0 Å². The van der Waals surface area contributed by atoms with E-state index in [4.69, 9.17) is 0 Å². The number of nitrogens with zero attached hydrogens (tertiary/aromatic N) is 3. The molecular weight excluding hydrogens is 342 g/mol. The highest BCUT2D eigenvalue weighted by Gasteiger charge is 2.52. The first kappa shape index (κ1) is 19.4. The van der Waals surface area contributed by atoms with E-state index >= 15 is 0 Å². The average molecular weight is 371 g/mol. The first-order valence-corrected chi connectivity index (χ1v) is 9.81. The van der Waals surface area contributed by atoms with E-state index in [1.54, 1.807) is 20.8 Å². The van der Waals surface area contributed by atoms with Crippen LogP contribution in [0.15, 0.2) is 24.3 Å². The van der Waals surface area contributed by atoms with Crippen LogP contribution in [0.5, 0.6) is 0 Å². The zero-order chi connectivity index (χ0) is 19.8. The zero-order valence-corrected chi connectivity index (χ0v) is 16.7. The number of hydrogen-bond donors (Lipinski definition) is 0. The molecule has 146 valence electrons. The molecule has 2 aliphatic rings. The number of amides is 3. The second kappa shape index (κ2) is 7.33. The lowest BCUT2D eigenvalue weighted by molar-refractivity contribution is -0.132. The minimum absolute atomic E-state index is 0.0510. The molecule has 1 aromatic rings. The molecule has 6 heteroatoms. The fraction of sp³-hybridized carbons (Fsp3) is 0.571. The molecule has 1 aromatic carbocycles. The van der Waals surface area contributed by atoms with E-state index in [9.17, 15) is 14.4 Å². The number of hydrogen-bond acceptors (Lipinski definition) is 3. The zero-order valence-electron chi connectivity index (χ0n) is 16.7. The topological polar surface area (TPSA) is 60.9 Å². The van der Waals surface area contributed by atoms with Crippen LogP contribution in [-0.4, -0.2) is 52.8 Å². The fourth-order valence-corrected chi connectivity index (χ4v) is 4.13. The molecule has 3 amide bonds. The van der Waals surface area contributed by atoms with Gasteiger partial charge in [-0.1, -0.05) is 19.1 Å². The van der Waals surface area contributed by atoms with Crippen molar-refractivity contribution in [1.29, 1.82) is 0 Å². The van der Waals surface area contributed by atoms with Crippen LogP contribution >= 0.6 is 0 Å². The Hall–Kier alpha value is -2.37. The van der Waals surface area contributed by atoms with Crippen LogP contribution in [0.2, 0.25) is 0 Å². The highest BCUT2D eigenvalue weighted by molar-refractivity contribution is 6.10. The first-order valence-electron chi connectivity index (χ1n) is 9.81. The van der Waals surface area contributed by atoms with Crippen molar-refractivity contribution in [3.05, 3.63) is 29.8 Å². The molecule has 2 atom stereocenters. The summed E-state index contributed by atoms with van der Waals surface area (Å²) in [5, 5.41) is 0. The minimum Gasteiger partial charge on any atom is -0.343 e. The van der Waals surface area contributed by atoms with E-state index in [0.717, 1.165) is 6.42 Å². The van der Waals surface area contributed by atoms with E-state index in [1.807, 2.05) is 39.1 Å². The molecule has 0 saturated carbocycles. The third-order valence-corrected chi connectivity index (χ3v) is 6.16. The maximum absolute atomic E-state index is 13.1. The van der Waals surface area contributed by atoms with E-state index in [2.05, 4.69) is 6.92 Å². The molecular formula is C21H29N3O3. The van der Waals surface area contributed by atoms with Gasteiger partial charge >= 0.3 is 0 Å². The quantitative estimate of drug-likeness (QED) is 0.772. The van der Waals surface area contributed by atoms with Crippen LogP contribution in [-0.2, 0) is 9.59 Å². The van der Waals surface area contributed by atoms with Gasteiger partial charge in [-0.2, -0.15) is 0 Å². The molecule has 2 unspecified atom stereocenters. The molecule has 1 saturated heterocycles. The monoisotopic (exact) mass is 371 g/mol. The van der Waals surface area contributed by atoms with Gasteiger partial charge in [0.15, 0.2) is 0 Å². The van der Waals surface area contributed by atoms with Crippen molar-refractivity contribution in [2.75, 3.05) is 18.5 Å². The maximum Gasteiger partial charge on any atom is 0.257 e. The molecule has 0 aromatic heterocycles. The molecule has 0 radical (unpaired) electrons. The predicted octanol–water partition coefficient (Wildman–Crippen LogP) is 3.02. The first-order chi connectivity index (χ1) is 12.8. The summed E-state index contributed by atoms with van der Waals surface area (Å²) < 4.78 is 0. The fourth-order valence-electron chi connectivity index (χ4n) is 4.13. The SMILES string of the molecule is CCC(C)N(C)C(=O)CCCN1C(=O)c2ccccc2N2C(=O)CCC12C. The predicted molar refractivity (Wildman–Crippen MR) is 104 cm³/mol. The summed E-state index contributed by atoms with van der Waals surface area (Å²) >= 11 is 0. The Morgan fingerprint density at radius 2 is 2.00 bits per heavy atom. The third kappa shape index (κ3) is 3.22. The Bertz CT molecular complexity index is 763. The van der Waals surface area contributed by atoms with Gasteiger partial charge in [0, 0.05) is 32.5 Å². The molecule has 0 aliphatic carbocycles. The van der Waals surface area contributed by atoms with Crippen LogP contribution < -0.4 is 4.90 Å². The summed E-state index contributed by atoms with van der Waals surface area (Å²) in [6, 6.07) is 7.51. The number of carbonyl (C=O) groups is 3. The van der Waals surface area contributed by atoms with Crippen LogP contribution in [0.3, 0.4) is 0 Å². The van der Waals surface area contributed by atoms with E-state index < -0.39 is 5.66 Å². The molecule has 27 heavy (non-hydrogen) atoms. The number of fused-ring (bicyclic) bond motifs is 3. The summed E-state index contributed by atoms with van der Waals surface area (Å²) in [6.45, 7) is 6.52. The van der Waals surface area contributed by atoms with Gasteiger partial charge in [0.25, 0.3) is 5.91 Å². The molecule has 0 spiro atoms. The number of anilines is 1. The number of carbonyl (C=O) groups excluding carboxylic acids is 3. The average Bonchev–Trinajstić information content (AvgIpc) is 2.98. The van der Waals surface area contributed by atoms with Crippen LogP contribution in [0.25, 0.3) is 0 Å². The van der Waals surface area contributed by atoms with Crippen LogP contribution in [0.1, 0.15) is 63.2 Å². The van der Waals surface area contributed by atoms with Crippen LogP contribution in [0.4, 0.5) is 5.69 Å². The second-order valence-corrected chi connectivity index (χ2v) is 7.79. The van der Waals surface area contributed by atoms with Gasteiger partial charge in [-0.05, 0) is 45.2 Å². The summed E-state index contributed by atoms with van der Waals surface area (Å²) in [5.41, 5.74) is 0.623. The molecule has 6 nitrogen and oxygen atoms in total. The second-order valence-electron chi connectivity index (χ2n) is 7.79. The molecule has 0 N–H and O–H groups in total. The number of para-hydroxylation sites is 1. The van der Waals surface area contributed by atoms with Gasteiger partial charge in [0.1, 0.15) is 5.66 Å². The highest BCUT2D eigenvalue weighted by Crippen LogP contribution is 2.44. The van der Waals surface area contributed by atoms with Crippen molar-refractivity contribution in [3.8, 4) is 0 Å². The van der Waals surface area contributed by atoms with E-state index in [0.29, 0.717) is 43.5 Å². The van der Waals surface area contributed by atoms with Crippen molar-refractivity contribution in [1.82, 2.24) is 9.80 Å². The summed E-state index contributed by atoms with van der Waals surface area (Å²) in [4.78, 5) is 43.4. The lowest BCUT2D eigenvalue weighted by atomic mass is 9.98. The smallest absolute Gasteiger partial charge is 0.257 e. The van der Waals surface area contributed by atoms with Crippen molar-refractivity contribution >= 4 is 23.4 Å². The normalized spacial score (nSPS) is 22.5. The Morgan fingerprint density at radius 1 is 1.30 bits per heavy atom. The lowest BCUT2D eigenvalue weighted by Crippen LogP contribution is -2.62. The van der Waals surface area contributed by atoms with Gasteiger partial charge in [0.05, 0.1) is 11.3 Å². The maximum atomic E-state index is 13.1. The van der Waals surface area contributed by atoms with Gasteiger partial charge in [-0.25, -0.2) is 0 Å². The standard InChI is InChI=1S/C21H29N3O3/c1-5-15(2)22(4)18(25)11-8-14-23-20(27)16-9-6-7-10-17(16)24-19(26)12-13-21(23,24)3/h6-7,9-10,15H,5,8,11-14H2,1-4H3. The molecule has 0 bridgehead atoms. The van der Waals surface area contributed by atoms with Gasteiger partial charge < -0.3 is 9.80 Å². The van der Waals surface area contributed by atoms with Gasteiger partial charge in [0.2, 0.25) is 11.8 Å². The Labute approximate surface area is 161 Å². The molecule has 3 rings (SSSR count).